The van der Waals surface area contributed by atoms with Crippen molar-refractivity contribution in [3.05, 3.63) is 0 Å². The minimum absolute atomic E-state index is 0.363. The van der Waals surface area contributed by atoms with Gasteiger partial charge in [0.2, 0.25) is 0 Å². The maximum Gasteiger partial charge on any atom is 0.147 e. The third-order valence-corrected chi connectivity index (χ3v) is 2.40. The van der Waals surface area contributed by atoms with Crippen LogP contribution in [0, 0.1) is 0 Å². The second-order valence-corrected chi connectivity index (χ2v) is 3.29. The first-order valence-electron chi connectivity index (χ1n) is 4.35. The molecular formula is C8H15NO2. The Bertz CT molecular complexity index is 128. The van der Waals surface area contributed by atoms with Crippen LogP contribution in [0.5, 0.6) is 0 Å². The lowest BCUT2D eigenvalue weighted by Crippen LogP contribution is -2.24. The quantitative estimate of drug-likeness (QED) is 0.581. The lowest BCUT2D eigenvalue weighted by molar-refractivity contribution is 0.0155. The molecule has 2 rings (SSSR count). The zero-order chi connectivity index (χ0) is 7.68. The average molecular weight is 157 g/mol. The third kappa shape index (κ3) is 1.41. The molecule has 0 radical (unpaired) electrons. The van der Waals surface area contributed by atoms with Crippen molar-refractivity contribution in [2.75, 3.05) is 26.4 Å². The van der Waals surface area contributed by atoms with Crippen LogP contribution < -0.4 is 0 Å². The number of hydrogen-bond acceptors (Lipinski definition) is 3. The lowest BCUT2D eigenvalue weighted by Gasteiger charge is -2.14. The van der Waals surface area contributed by atoms with Gasteiger partial charge in [0.15, 0.2) is 0 Å². The first-order chi connectivity index (χ1) is 5.40. The van der Waals surface area contributed by atoms with Gasteiger partial charge in [-0.3, -0.25) is 4.90 Å². The number of nitrogens with zero attached hydrogens (tertiary/aromatic N) is 1. The van der Waals surface area contributed by atoms with Crippen LogP contribution in [0.25, 0.3) is 0 Å². The zero-order valence-electron chi connectivity index (χ0n) is 6.95. The van der Waals surface area contributed by atoms with Crippen LogP contribution in [0.2, 0.25) is 0 Å². The highest BCUT2D eigenvalue weighted by atomic mass is 16.7. The molecule has 2 aliphatic heterocycles. The molecular weight excluding hydrogens is 142 g/mol. The summed E-state index contributed by atoms with van der Waals surface area (Å²) in [5, 5.41) is 0. The van der Waals surface area contributed by atoms with Gasteiger partial charge in [-0.25, -0.2) is 0 Å². The molecule has 2 fully saturated rings. The molecule has 0 aromatic carbocycles. The van der Waals surface area contributed by atoms with E-state index in [-0.39, 0.29) is 0 Å². The Kier molecular flexibility index (Phi) is 2.11. The highest BCUT2D eigenvalue weighted by Crippen LogP contribution is 2.21. The van der Waals surface area contributed by atoms with Crippen molar-refractivity contribution in [1.82, 2.24) is 4.90 Å². The molecule has 0 N–H and O–H groups in total. The Hall–Kier alpha value is -0.120. The van der Waals surface area contributed by atoms with Gasteiger partial charge in [0, 0.05) is 13.1 Å². The normalized spacial score (nSPS) is 37.9. The van der Waals surface area contributed by atoms with Crippen LogP contribution in [0.4, 0.5) is 0 Å². The average Bonchev–Trinajstić information content (AvgIpc) is 2.46. The van der Waals surface area contributed by atoms with Gasteiger partial charge in [0.1, 0.15) is 19.0 Å². The molecule has 0 amide bonds. The monoisotopic (exact) mass is 157 g/mol. The summed E-state index contributed by atoms with van der Waals surface area (Å²) >= 11 is 0. The van der Waals surface area contributed by atoms with Crippen molar-refractivity contribution >= 4 is 0 Å². The summed E-state index contributed by atoms with van der Waals surface area (Å²) in [6.07, 6.45) is 1.95. The molecule has 64 valence electrons. The van der Waals surface area contributed by atoms with Crippen LogP contribution in [-0.4, -0.2) is 43.5 Å². The van der Waals surface area contributed by atoms with E-state index in [0.29, 0.717) is 19.0 Å². The molecule has 3 nitrogen and oxygen atoms in total. The fraction of sp³-hybridized carbons (Fsp3) is 1.00. The van der Waals surface area contributed by atoms with Crippen molar-refractivity contribution in [3.8, 4) is 0 Å². The highest BCUT2D eigenvalue weighted by Gasteiger charge is 2.37. The van der Waals surface area contributed by atoms with Crippen molar-refractivity contribution in [3.63, 3.8) is 0 Å². The molecule has 0 spiro atoms. The van der Waals surface area contributed by atoms with E-state index in [4.69, 9.17) is 9.47 Å². The van der Waals surface area contributed by atoms with Gasteiger partial charge >= 0.3 is 0 Å². The molecule has 3 heteroatoms. The molecule has 0 unspecified atom stereocenters. The Morgan fingerprint density at radius 3 is 2.45 bits per heavy atom. The Morgan fingerprint density at radius 1 is 1.27 bits per heavy atom. The highest BCUT2D eigenvalue weighted by molar-refractivity contribution is 4.87. The third-order valence-electron chi connectivity index (χ3n) is 2.40. The van der Waals surface area contributed by atoms with Crippen molar-refractivity contribution in [2.24, 2.45) is 0 Å². The van der Waals surface area contributed by atoms with Gasteiger partial charge in [0.25, 0.3) is 0 Å². The fourth-order valence-corrected chi connectivity index (χ4v) is 1.85. The van der Waals surface area contributed by atoms with Gasteiger partial charge < -0.3 is 9.47 Å². The maximum atomic E-state index is 5.39. The Labute approximate surface area is 67.3 Å². The first-order valence-corrected chi connectivity index (χ1v) is 4.35. The second kappa shape index (κ2) is 3.09. The van der Waals surface area contributed by atoms with E-state index < -0.39 is 0 Å². The van der Waals surface area contributed by atoms with Crippen LogP contribution in [0.3, 0.4) is 0 Å². The minimum atomic E-state index is 0.363. The molecule has 2 atom stereocenters. The summed E-state index contributed by atoms with van der Waals surface area (Å²) in [5.74, 6) is 0. The van der Waals surface area contributed by atoms with Crippen molar-refractivity contribution in [1.29, 1.82) is 0 Å². The van der Waals surface area contributed by atoms with E-state index in [1.807, 2.05) is 0 Å². The van der Waals surface area contributed by atoms with E-state index in [0.717, 1.165) is 13.1 Å². The van der Waals surface area contributed by atoms with Crippen molar-refractivity contribution < 1.29 is 9.47 Å². The van der Waals surface area contributed by atoms with Crippen LogP contribution >= 0.6 is 0 Å². The maximum absolute atomic E-state index is 5.39. The Morgan fingerprint density at radius 2 is 1.91 bits per heavy atom. The van der Waals surface area contributed by atoms with Crippen LogP contribution in [0.1, 0.15) is 13.3 Å². The summed E-state index contributed by atoms with van der Waals surface area (Å²) < 4.78 is 10.8. The molecule has 11 heavy (non-hydrogen) atoms. The minimum Gasteiger partial charge on any atom is -0.348 e. The van der Waals surface area contributed by atoms with Gasteiger partial charge in [-0.1, -0.05) is 6.92 Å². The zero-order valence-corrected chi connectivity index (χ0v) is 6.95. The number of fused-ring (bicyclic) bond motifs is 1. The van der Waals surface area contributed by atoms with Crippen molar-refractivity contribution in [2.45, 2.75) is 25.6 Å². The topological polar surface area (TPSA) is 21.7 Å². The fourth-order valence-electron chi connectivity index (χ4n) is 1.85. The van der Waals surface area contributed by atoms with E-state index >= 15 is 0 Å². The summed E-state index contributed by atoms with van der Waals surface area (Å²) in [5.41, 5.74) is 0. The molecule has 0 aromatic rings. The molecule has 0 aliphatic carbocycles. The van der Waals surface area contributed by atoms with E-state index in [9.17, 15) is 0 Å². The predicted molar refractivity (Wildman–Crippen MR) is 41.3 cm³/mol. The largest absolute Gasteiger partial charge is 0.348 e. The number of likely N-dealkylation sites (tertiary alicyclic amines) is 1. The molecule has 0 aromatic heterocycles. The molecule has 2 heterocycles. The van der Waals surface area contributed by atoms with Gasteiger partial charge in [-0.2, -0.15) is 0 Å². The Balaban J connectivity index is 1.84. The number of hydrogen-bond donors (Lipinski definition) is 0. The van der Waals surface area contributed by atoms with Crippen LogP contribution in [0.15, 0.2) is 0 Å². The lowest BCUT2D eigenvalue weighted by atomic mass is 10.3. The van der Waals surface area contributed by atoms with Crippen LogP contribution in [-0.2, 0) is 9.47 Å². The molecule has 2 saturated heterocycles. The second-order valence-electron chi connectivity index (χ2n) is 3.29. The molecule has 2 aliphatic rings. The summed E-state index contributed by atoms with van der Waals surface area (Å²) in [6.45, 7) is 6.03. The number of ether oxygens (including phenoxy) is 2. The van der Waals surface area contributed by atoms with E-state index in [2.05, 4.69) is 11.8 Å². The van der Waals surface area contributed by atoms with E-state index in [1.54, 1.807) is 0 Å². The molecule has 0 saturated carbocycles. The van der Waals surface area contributed by atoms with Gasteiger partial charge in [-0.15, -0.1) is 0 Å². The SMILES string of the molecule is CCCN1C[C@@H]2OCO[C@@H]2C1. The van der Waals surface area contributed by atoms with Gasteiger partial charge in [-0.05, 0) is 13.0 Å². The summed E-state index contributed by atoms with van der Waals surface area (Å²) in [7, 11) is 0. The van der Waals surface area contributed by atoms with E-state index in [1.165, 1.54) is 13.0 Å². The standard InChI is InChI=1S/C8H15NO2/c1-2-3-9-4-7-8(5-9)11-6-10-7/h7-8H,2-6H2,1H3/t7-,8+. The smallest absolute Gasteiger partial charge is 0.147 e. The summed E-state index contributed by atoms with van der Waals surface area (Å²) in [6, 6.07) is 0. The van der Waals surface area contributed by atoms with Gasteiger partial charge in [0.05, 0.1) is 0 Å². The number of rotatable bonds is 2. The summed E-state index contributed by atoms with van der Waals surface area (Å²) in [4.78, 5) is 2.41. The predicted octanol–water partition coefficient (Wildman–Crippen LogP) is 0.454. The molecule has 0 bridgehead atoms. The first kappa shape index (κ1) is 7.53.